The Morgan fingerprint density at radius 3 is 2.94 bits per heavy atom. The summed E-state index contributed by atoms with van der Waals surface area (Å²) >= 11 is 5.86. The lowest BCUT2D eigenvalue weighted by molar-refractivity contribution is 0.625. The minimum Gasteiger partial charge on any atom is -0.398 e. The van der Waals surface area contributed by atoms with Crippen molar-refractivity contribution < 1.29 is 4.21 Å². The molecule has 2 rings (SSSR count). The van der Waals surface area contributed by atoms with Gasteiger partial charge in [-0.1, -0.05) is 11.6 Å². The van der Waals surface area contributed by atoms with E-state index in [2.05, 4.69) is 15.5 Å². The van der Waals surface area contributed by atoms with E-state index in [0.717, 1.165) is 5.56 Å². The van der Waals surface area contributed by atoms with Gasteiger partial charge in [0, 0.05) is 28.4 Å². The number of nitrogen functional groups attached to an aromatic ring is 1. The molecule has 1 heterocycles. The van der Waals surface area contributed by atoms with Crippen LogP contribution in [0.2, 0.25) is 5.02 Å². The summed E-state index contributed by atoms with van der Waals surface area (Å²) in [5.74, 6) is 1.09. The Bertz CT molecular complexity index is 585. The van der Waals surface area contributed by atoms with E-state index in [-0.39, 0.29) is 0 Å². The molecule has 0 spiro atoms. The van der Waals surface area contributed by atoms with Crippen molar-refractivity contribution in [1.82, 2.24) is 20.2 Å². The van der Waals surface area contributed by atoms with Gasteiger partial charge in [0.15, 0.2) is 5.82 Å². The van der Waals surface area contributed by atoms with Crippen LogP contribution in [0.5, 0.6) is 0 Å². The van der Waals surface area contributed by atoms with Crippen molar-refractivity contribution in [3.05, 3.63) is 23.2 Å². The average molecular weight is 286 g/mol. The first-order valence-electron chi connectivity index (χ1n) is 5.19. The summed E-state index contributed by atoms with van der Waals surface area (Å²) in [7, 11) is -0.885. The summed E-state index contributed by atoms with van der Waals surface area (Å²) in [5, 5.41) is 11.9. The van der Waals surface area contributed by atoms with Crippen LogP contribution in [-0.4, -0.2) is 36.4 Å². The van der Waals surface area contributed by atoms with Gasteiger partial charge >= 0.3 is 0 Å². The van der Waals surface area contributed by atoms with Crippen molar-refractivity contribution in [2.24, 2.45) is 0 Å². The second-order valence-electron chi connectivity index (χ2n) is 3.74. The summed E-state index contributed by atoms with van der Waals surface area (Å²) < 4.78 is 12.7. The first kappa shape index (κ1) is 13.0. The van der Waals surface area contributed by atoms with Gasteiger partial charge in [-0.3, -0.25) is 4.21 Å². The number of rotatable bonds is 4. The molecule has 0 aliphatic carbocycles. The number of benzene rings is 1. The molecule has 1 aromatic heterocycles. The van der Waals surface area contributed by atoms with E-state index < -0.39 is 10.8 Å². The monoisotopic (exact) mass is 285 g/mol. The molecule has 0 aliphatic rings. The van der Waals surface area contributed by atoms with Crippen molar-refractivity contribution in [1.29, 1.82) is 0 Å². The lowest BCUT2D eigenvalue weighted by Gasteiger charge is -2.05. The van der Waals surface area contributed by atoms with Gasteiger partial charge in [0.05, 0.1) is 17.3 Å². The molecule has 1 unspecified atom stereocenters. The van der Waals surface area contributed by atoms with Gasteiger partial charge in [-0.05, 0) is 28.6 Å². The zero-order valence-corrected chi connectivity index (χ0v) is 11.3. The van der Waals surface area contributed by atoms with Crippen LogP contribution in [0.1, 0.15) is 0 Å². The SMILES string of the molecule is CS(=O)CCn1nnnc1-c1ccc(Cl)c(N)c1. The molecular formula is C10H12ClN5OS. The number of aromatic nitrogens is 4. The van der Waals surface area contributed by atoms with E-state index in [9.17, 15) is 4.21 Å². The average Bonchev–Trinajstić information content (AvgIpc) is 2.78. The van der Waals surface area contributed by atoms with E-state index in [1.807, 2.05) is 0 Å². The van der Waals surface area contributed by atoms with Crippen LogP contribution in [-0.2, 0) is 17.3 Å². The molecule has 96 valence electrons. The number of hydrogen-bond donors (Lipinski definition) is 1. The molecule has 18 heavy (non-hydrogen) atoms. The molecule has 2 N–H and O–H groups in total. The Labute approximate surface area is 112 Å². The Kier molecular flexibility index (Phi) is 3.93. The largest absolute Gasteiger partial charge is 0.398 e. The molecular weight excluding hydrogens is 274 g/mol. The zero-order valence-electron chi connectivity index (χ0n) is 9.71. The van der Waals surface area contributed by atoms with Gasteiger partial charge in [-0.25, -0.2) is 4.68 Å². The molecule has 6 nitrogen and oxygen atoms in total. The van der Waals surface area contributed by atoms with Crippen LogP contribution in [0.25, 0.3) is 11.4 Å². The highest BCUT2D eigenvalue weighted by Crippen LogP contribution is 2.24. The lowest BCUT2D eigenvalue weighted by Crippen LogP contribution is -2.09. The van der Waals surface area contributed by atoms with Crippen molar-refractivity contribution in [3.63, 3.8) is 0 Å². The van der Waals surface area contributed by atoms with Crippen LogP contribution in [0.3, 0.4) is 0 Å². The fourth-order valence-electron chi connectivity index (χ4n) is 1.46. The molecule has 0 radical (unpaired) electrons. The van der Waals surface area contributed by atoms with Crippen molar-refractivity contribution in [2.45, 2.75) is 6.54 Å². The van der Waals surface area contributed by atoms with Crippen LogP contribution in [0, 0.1) is 0 Å². The van der Waals surface area contributed by atoms with Gasteiger partial charge in [0.2, 0.25) is 0 Å². The Morgan fingerprint density at radius 2 is 2.28 bits per heavy atom. The molecule has 1 aromatic carbocycles. The number of nitrogens with zero attached hydrogens (tertiary/aromatic N) is 4. The third kappa shape index (κ3) is 2.85. The third-order valence-electron chi connectivity index (χ3n) is 2.38. The van der Waals surface area contributed by atoms with E-state index >= 15 is 0 Å². The van der Waals surface area contributed by atoms with Crippen molar-refractivity contribution in [2.75, 3.05) is 17.7 Å². The number of anilines is 1. The smallest absolute Gasteiger partial charge is 0.182 e. The number of nitrogens with two attached hydrogens (primary N) is 1. The quantitative estimate of drug-likeness (QED) is 0.845. The molecule has 1 atom stereocenters. The fourth-order valence-corrected chi connectivity index (χ4v) is 2.01. The third-order valence-corrected chi connectivity index (χ3v) is 3.48. The molecule has 0 saturated heterocycles. The minimum atomic E-state index is -0.885. The first-order chi connectivity index (χ1) is 8.58. The molecule has 0 bridgehead atoms. The van der Waals surface area contributed by atoms with Crippen LogP contribution in [0.15, 0.2) is 18.2 Å². The first-order valence-corrected chi connectivity index (χ1v) is 7.30. The minimum absolute atomic E-state index is 0.475. The van der Waals surface area contributed by atoms with Gasteiger partial charge in [0.25, 0.3) is 0 Å². The highest BCUT2D eigenvalue weighted by atomic mass is 35.5. The normalized spacial score (nSPS) is 12.6. The van der Waals surface area contributed by atoms with Crippen LogP contribution < -0.4 is 5.73 Å². The predicted octanol–water partition coefficient (Wildman–Crippen LogP) is 0.954. The Balaban J connectivity index is 2.30. The summed E-state index contributed by atoms with van der Waals surface area (Å²) in [6.07, 6.45) is 1.64. The van der Waals surface area contributed by atoms with E-state index in [1.54, 1.807) is 29.1 Å². The maximum atomic E-state index is 11.1. The van der Waals surface area contributed by atoms with E-state index in [1.165, 1.54) is 0 Å². The standard InChI is InChI=1S/C10H12ClN5OS/c1-18(17)5-4-16-10(13-14-15-16)7-2-3-8(11)9(12)6-7/h2-3,6H,4-5,12H2,1H3. The number of aryl methyl sites for hydroxylation is 1. The highest BCUT2D eigenvalue weighted by Gasteiger charge is 2.10. The van der Waals surface area contributed by atoms with Crippen LogP contribution >= 0.6 is 11.6 Å². The summed E-state index contributed by atoms with van der Waals surface area (Å²) in [5.41, 5.74) is 7.00. The van der Waals surface area contributed by atoms with Crippen molar-refractivity contribution in [3.8, 4) is 11.4 Å². The topological polar surface area (TPSA) is 86.7 Å². The number of tetrazole rings is 1. The number of hydrogen-bond acceptors (Lipinski definition) is 5. The second-order valence-corrected chi connectivity index (χ2v) is 5.70. The molecule has 8 heteroatoms. The Morgan fingerprint density at radius 1 is 1.50 bits per heavy atom. The molecule has 0 saturated carbocycles. The highest BCUT2D eigenvalue weighted by molar-refractivity contribution is 7.84. The van der Waals surface area contributed by atoms with E-state index in [0.29, 0.717) is 28.8 Å². The predicted molar refractivity (Wildman–Crippen MR) is 71.6 cm³/mol. The summed E-state index contributed by atoms with van der Waals surface area (Å²) in [6, 6.07) is 5.21. The number of halogens is 1. The molecule has 0 amide bonds. The maximum absolute atomic E-state index is 11.1. The maximum Gasteiger partial charge on any atom is 0.182 e. The second kappa shape index (κ2) is 5.45. The van der Waals surface area contributed by atoms with Gasteiger partial charge in [-0.15, -0.1) is 5.10 Å². The summed E-state index contributed by atoms with van der Waals surface area (Å²) in [6.45, 7) is 0.494. The molecule has 2 aromatic rings. The summed E-state index contributed by atoms with van der Waals surface area (Å²) in [4.78, 5) is 0. The van der Waals surface area contributed by atoms with Crippen LogP contribution in [0.4, 0.5) is 5.69 Å². The molecule has 0 fully saturated rings. The fraction of sp³-hybridized carbons (Fsp3) is 0.300. The van der Waals surface area contributed by atoms with Crippen molar-refractivity contribution >= 4 is 28.1 Å². The van der Waals surface area contributed by atoms with Gasteiger partial charge in [-0.2, -0.15) is 0 Å². The van der Waals surface area contributed by atoms with E-state index in [4.69, 9.17) is 17.3 Å². The zero-order chi connectivity index (χ0) is 13.1. The lowest BCUT2D eigenvalue weighted by atomic mass is 10.2. The molecule has 0 aliphatic heterocycles. The van der Waals surface area contributed by atoms with Gasteiger partial charge < -0.3 is 5.73 Å². The van der Waals surface area contributed by atoms with Gasteiger partial charge in [0.1, 0.15) is 0 Å². The Hall–Kier alpha value is -1.47.